The highest BCUT2D eigenvalue weighted by Gasteiger charge is 2.16. The summed E-state index contributed by atoms with van der Waals surface area (Å²) in [6, 6.07) is 4.44. The number of hydrogen-bond donors (Lipinski definition) is 3. The Morgan fingerprint density at radius 3 is 2.81 bits per heavy atom. The maximum atomic E-state index is 11.9. The van der Waals surface area contributed by atoms with Crippen molar-refractivity contribution in [1.82, 2.24) is 15.0 Å². The van der Waals surface area contributed by atoms with E-state index in [1.165, 1.54) is 23.0 Å². The summed E-state index contributed by atoms with van der Waals surface area (Å²) in [6.45, 7) is 0.109. The third-order valence-electron chi connectivity index (χ3n) is 2.60. The van der Waals surface area contributed by atoms with Crippen molar-refractivity contribution >= 4 is 29.2 Å². The molecule has 1 aromatic carbocycles. The summed E-state index contributed by atoms with van der Waals surface area (Å²) in [5, 5.41) is 19.1. The molecule has 1 aromatic heterocycles. The molecule has 0 unspecified atom stereocenters. The van der Waals surface area contributed by atoms with Gasteiger partial charge in [-0.25, -0.2) is 9.48 Å². The van der Waals surface area contributed by atoms with E-state index in [0.29, 0.717) is 5.69 Å². The number of halogens is 1. The zero-order chi connectivity index (χ0) is 15.4. The standard InChI is InChI=1S/C12H12ClN5O3/c13-8-2-1-3-9(11(8)12(20)21)15-10(19)6-18-5-7(4-14)16-17-18/h1-3,5H,4,6,14H2,(H,15,19)(H,20,21). The first-order chi connectivity index (χ1) is 10.0. The van der Waals surface area contributed by atoms with E-state index >= 15 is 0 Å². The van der Waals surface area contributed by atoms with Crippen LogP contribution in [0.15, 0.2) is 24.4 Å². The lowest BCUT2D eigenvalue weighted by Crippen LogP contribution is -2.20. The summed E-state index contributed by atoms with van der Waals surface area (Å²) in [7, 11) is 0. The normalized spacial score (nSPS) is 10.4. The first-order valence-electron chi connectivity index (χ1n) is 5.92. The predicted octanol–water partition coefficient (Wildman–Crippen LogP) is 0.727. The lowest BCUT2D eigenvalue weighted by atomic mass is 10.2. The van der Waals surface area contributed by atoms with Gasteiger partial charge in [0.15, 0.2) is 0 Å². The number of nitrogens with two attached hydrogens (primary N) is 1. The minimum atomic E-state index is -1.22. The first kappa shape index (κ1) is 14.9. The van der Waals surface area contributed by atoms with Crippen molar-refractivity contribution in [3.63, 3.8) is 0 Å². The topological polar surface area (TPSA) is 123 Å². The Morgan fingerprint density at radius 2 is 2.19 bits per heavy atom. The lowest BCUT2D eigenvalue weighted by Gasteiger charge is -2.09. The number of rotatable bonds is 5. The van der Waals surface area contributed by atoms with Gasteiger partial charge in [0, 0.05) is 6.54 Å². The average Bonchev–Trinajstić information content (AvgIpc) is 2.85. The average molecular weight is 310 g/mol. The van der Waals surface area contributed by atoms with Gasteiger partial charge in [0.05, 0.1) is 22.6 Å². The van der Waals surface area contributed by atoms with E-state index in [1.807, 2.05) is 0 Å². The molecule has 1 amide bonds. The maximum absolute atomic E-state index is 11.9. The van der Waals surface area contributed by atoms with Gasteiger partial charge in [-0.15, -0.1) is 5.10 Å². The van der Waals surface area contributed by atoms with Crippen LogP contribution in [0, 0.1) is 0 Å². The van der Waals surface area contributed by atoms with Gasteiger partial charge in [-0.1, -0.05) is 22.9 Å². The first-order valence-corrected chi connectivity index (χ1v) is 6.29. The molecule has 0 aliphatic heterocycles. The number of amides is 1. The van der Waals surface area contributed by atoms with Gasteiger partial charge in [-0.2, -0.15) is 0 Å². The quantitative estimate of drug-likeness (QED) is 0.748. The second-order valence-corrected chi connectivity index (χ2v) is 4.53. The maximum Gasteiger partial charge on any atom is 0.339 e. The highest BCUT2D eigenvalue weighted by atomic mass is 35.5. The smallest absolute Gasteiger partial charge is 0.339 e. The Hall–Kier alpha value is -2.45. The zero-order valence-corrected chi connectivity index (χ0v) is 11.5. The number of carbonyl (C=O) groups is 2. The molecule has 0 saturated carbocycles. The van der Waals surface area contributed by atoms with Crippen LogP contribution >= 0.6 is 11.6 Å². The van der Waals surface area contributed by atoms with Crippen molar-refractivity contribution < 1.29 is 14.7 Å². The van der Waals surface area contributed by atoms with E-state index in [1.54, 1.807) is 6.07 Å². The van der Waals surface area contributed by atoms with E-state index in [4.69, 9.17) is 22.4 Å². The van der Waals surface area contributed by atoms with E-state index in [2.05, 4.69) is 15.6 Å². The van der Waals surface area contributed by atoms with E-state index in [-0.39, 0.29) is 29.4 Å². The summed E-state index contributed by atoms with van der Waals surface area (Å²) < 4.78 is 1.31. The number of hydrogen-bond acceptors (Lipinski definition) is 5. The lowest BCUT2D eigenvalue weighted by molar-refractivity contribution is -0.116. The number of aromatic nitrogens is 3. The molecule has 110 valence electrons. The van der Waals surface area contributed by atoms with Crippen molar-refractivity contribution in [3.8, 4) is 0 Å². The Bertz CT molecular complexity index is 685. The molecule has 2 rings (SSSR count). The molecule has 0 spiro atoms. The van der Waals surface area contributed by atoms with Crippen LogP contribution in [-0.2, 0) is 17.9 Å². The molecule has 0 saturated heterocycles. The number of nitrogens with one attached hydrogen (secondary N) is 1. The molecular formula is C12H12ClN5O3. The summed E-state index contributed by atoms with van der Waals surface area (Å²) in [4.78, 5) is 23.0. The Balaban J connectivity index is 2.13. The summed E-state index contributed by atoms with van der Waals surface area (Å²) in [6.07, 6.45) is 1.54. The fourth-order valence-electron chi connectivity index (χ4n) is 1.69. The van der Waals surface area contributed by atoms with E-state index < -0.39 is 11.9 Å². The molecule has 0 bridgehead atoms. The third kappa shape index (κ3) is 3.56. The molecule has 0 fully saturated rings. The van der Waals surface area contributed by atoms with Crippen molar-refractivity contribution in [1.29, 1.82) is 0 Å². The Morgan fingerprint density at radius 1 is 1.43 bits per heavy atom. The molecule has 21 heavy (non-hydrogen) atoms. The summed E-state index contributed by atoms with van der Waals surface area (Å²) in [5.74, 6) is -1.67. The minimum Gasteiger partial charge on any atom is -0.478 e. The molecule has 0 radical (unpaired) electrons. The number of carbonyl (C=O) groups excluding carboxylic acids is 1. The molecule has 0 aliphatic carbocycles. The number of aromatic carboxylic acids is 1. The molecule has 1 heterocycles. The van der Waals surface area contributed by atoms with Gasteiger partial charge in [-0.05, 0) is 12.1 Å². The van der Waals surface area contributed by atoms with Crippen molar-refractivity contribution in [2.45, 2.75) is 13.1 Å². The molecule has 4 N–H and O–H groups in total. The fourth-order valence-corrected chi connectivity index (χ4v) is 1.95. The molecule has 9 heteroatoms. The van der Waals surface area contributed by atoms with Crippen LogP contribution in [0.1, 0.15) is 16.1 Å². The van der Waals surface area contributed by atoms with Gasteiger partial charge >= 0.3 is 5.97 Å². The number of carboxylic acid groups (broad SMARTS) is 1. The van der Waals surface area contributed by atoms with Gasteiger partial charge in [0.1, 0.15) is 12.1 Å². The third-order valence-corrected chi connectivity index (χ3v) is 2.92. The zero-order valence-electron chi connectivity index (χ0n) is 10.8. The Kier molecular flexibility index (Phi) is 4.51. The van der Waals surface area contributed by atoms with Crippen molar-refractivity contribution in [2.24, 2.45) is 5.73 Å². The summed E-state index contributed by atoms with van der Waals surface area (Å²) in [5.41, 5.74) is 5.91. The van der Waals surface area contributed by atoms with E-state index in [0.717, 1.165) is 0 Å². The highest BCUT2D eigenvalue weighted by Crippen LogP contribution is 2.24. The van der Waals surface area contributed by atoms with Gasteiger partial charge in [0.25, 0.3) is 0 Å². The number of anilines is 1. The van der Waals surface area contributed by atoms with Crippen LogP contribution in [0.2, 0.25) is 5.02 Å². The molecule has 8 nitrogen and oxygen atoms in total. The molecular weight excluding hydrogens is 298 g/mol. The molecule has 0 atom stereocenters. The van der Waals surface area contributed by atoms with Crippen molar-refractivity contribution in [2.75, 3.05) is 5.32 Å². The molecule has 0 aliphatic rings. The van der Waals surface area contributed by atoms with Gasteiger partial charge < -0.3 is 16.2 Å². The highest BCUT2D eigenvalue weighted by molar-refractivity contribution is 6.34. The second kappa shape index (κ2) is 6.33. The number of benzene rings is 1. The van der Waals surface area contributed by atoms with Crippen LogP contribution in [0.4, 0.5) is 5.69 Å². The van der Waals surface area contributed by atoms with Crippen LogP contribution < -0.4 is 11.1 Å². The monoisotopic (exact) mass is 309 g/mol. The predicted molar refractivity (Wildman–Crippen MR) is 75.0 cm³/mol. The summed E-state index contributed by atoms with van der Waals surface area (Å²) >= 11 is 5.82. The van der Waals surface area contributed by atoms with E-state index in [9.17, 15) is 9.59 Å². The molecule has 2 aromatic rings. The fraction of sp³-hybridized carbons (Fsp3) is 0.167. The van der Waals surface area contributed by atoms with Crippen LogP contribution in [0.3, 0.4) is 0 Å². The number of nitrogens with zero attached hydrogens (tertiary/aromatic N) is 3. The van der Waals surface area contributed by atoms with Crippen LogP contribution in [0.25, 0.3) is 0 Å². The number of carboxylic acids is 1. The van der Waals surface area contributed by atoms with Crippen molar-refractivity contribution in [3.05, 3.63) is 40.7 Å². The van der Waals surface area contributed by atoms with Crippen LogP contribution in [0.5, 0.6) is 0 Å². The second-order valence-electron chi connectivity index (χ2n) is 4.13. The van der Waals surface area contributed by atoms with Gasteiger partial charge in [0.2, 0.25) is 5.91 Å². The minimum absolute atomic E-state index is 0.0477. The van der Waals surface area contributed by atoms with Crippen LogP contribution in [-0.4, -0.2) is 32.0 Å². The largest absolute Gasteiger partial charge is 0.478 e. The Labute approximate surface area is 124 Å². The van der Waals surface area contributed by atoms with Gasteiger partial charge in [-0.3, -0.25) is 4.79 Å². The SMILES string of the molecule is NCc1cn(CC(=O)Nc2cccc(Cl)c2C(=O)O)nn1.